The molecule has 1 aliphatic heterocycles. The van der Waals surface area contributed by atoms with Crippen LogP contribution in [-0.4, -0.2) is 52.1 Å². The van der Waals surface area contributed by atoms with Crippen LogP contribution < -0.4 is 9.47 Å². The Hall–Kier alpha value is -2.22. The first kappa shape index (κ1) is 14.7. The molecular formula is C14H16N4O3S. The zero-order valence-corrected chi connectivity index (χ0v) is 13.2. The summed E-state index contributed by atoms with van der Waals surface area (Å²) in [5, 5.41) is 2.68. The normalized spacial score (nSPS) is 17.5. The molecule has 0 N–H and O–H groups in total. The average molecular weight is 320 g/mol. The Bertz CT molecular complexity index is 676. The zero-order chi connectivity index (χ0) is 15.5. The number of hydrogen-bond acceptors (Lipinski definition) is 7. The van der Waals surface area contributed by atoms with Crippen LogP contribution in [0.1, 0.15) is 21.9 Å². The maximum absolute atomic E-state index is 12.3. The number of ether oxygens (including phenoxy) is 2. The topological polar surface area (TPSA) is 77.4 Å². The minimum atomic E-state index is -0.116. The molecule has 8 heteroatoms. The number of likely N-dealkylation sites (tertiary alicyclic amines) is 1. The van der Waals surface area contributed by atoms with Gasteiger partial charge in [-0.25, -0.2) is 15.0 Å². The van der Waals surface area contributed by atoms with Gasteiger partial charge in [0.15, 0.2) is 0 Å². The predicted octanol–water partition coefficient (Wildman–Crippen LogP) is 1.54. The van der Waals surface area contributed by atoms with Crippen molar-refractivity contribution in [1.29, 1.82) is 0 Å². The fourth-order valence-corrected chi connectivity index (χ4v) is 2.91. The third-order valence-corrected chi connectivity index (χ3v) is 4.15. The summed E-state index contributed by atoms with van der Waals surface area (Å²) in [5.74, 6) is 0.651. The molecule has 0 unspecified atom stereocenters. The maximum Gasteiger partial charge on any atom is 0.278 e. The number of thiazole rings is 1. The smallest absolute Gasteiger partial charge is 0.278 e. The van der Waals surface area contributed by atoms with Crippen molar-refractivity contribution in [2.45, 2.75) is 19.4 Å². The first-order valence-electron chi connectivity index (χ1n) is 6.90. The molecule has 1 atom stereocenters. The minimum Gasteiger partial charge on any atom is -0.477 e. The highest BCUT2D eigenvalue weighted by atomic mass is 32.1. The molecule has 1 saturated heterocycles. The number of aromatic nitrogens is 3. The average Bonchev–Trinajstić information content (AvgIpc) is 3.16. The molecule has 0 bridgehead atoms. The van der Waals surface area contributed by atoms with Gasteiger partial charge in [0.1, 0.15) is 11.8 Å². The van der Waals surface area contributed by atoms with E-state index in [1.165, 1.54) is 18.4 Å². The van der Waals surface area contributed by atoms with Crippen LogP contribution in [0.3, 0.4) is 0 Å². The molecule has 3 heterocycles. The van der Waals surface area contributed by atoms with Crippen molar-refractivity contribution in [3.8, 4) is 11.8 Å². The van der Waals surface area contributed by atoms with Crippen molar-refractivity contribution in [2.24, 2.45) is 0 Å². The highest BCUT2D eigenvalue weighted by Crippen LogP contribution is 2.24. The Morgan fingerprint density at radius 2 is 2.14 bits per heavy atom. The van der Waals surface area contributed by atoms with E-state index in [2.05, 4.69) is 15.0 Å². The fourth-order valence-electron chi connectivity index (χ4n) is 2.32. The second kappa shape index (κ2) is 6.27. The Balaban J connectivity index is 1.64. The van der Waals surface area contributed by atoms with Gasteiger partial charge >= 0.3 is 0 Å². The Kier molecular flexibility index (Phi) is 4.19. The molecule has 0 aliphatic carbocycles. The number of rotatable bonds is 4. The van der Waals surface area contributed by atoms with Gasteiger partial charge in [0.25, 0.3) is 17.7 Å². The number of methoxy groups -OCH3 is 1. The van der Waals surface area contributed by atoms with Gasteiger partial charge in [0, 0.05) is 30.7 Å². The van der Waals surface area contributed by atoms with Gasteiger partial charge in [-0.2, -0.15) is 0 Å². The maximum atomic E-state index is 12.3. The van der Waals surface area contributed by atoms with Crippen LogP contribution in [0.5, 0.6) is 11.8 Å². The lowest BCUT2D eigenvalue weighted by atomic mass is 10.3. The molecule has 2 aromatic rings. The number of nitrogens with zero attached hydrogens (tertiary/aromatic N) is 4. The molecule has 3 rings (SSSR count). The lowest BCUT2D eigenvalue weighted by molar-refractivity contribution is 0.0765. The second-order valence-corrected chi connectivity index (χ2v) is 5.96. The van der Waals surface area contributed by atoms with E-state index in [1.54, 1.807) is 22.7 Å². The fraction of sp³-hybridized carbons (Fsp3) is 0.429. The zero-order valence-electron chi connectivity index (χ0n) is 12.4. The van der Waals surface area contributed by atoms with Crippen molar-refractivity contribution in [2.75, 3.05) is 20.2 Å². The number of amides is 1. The Morgan fingerprint density at radius 3 is 2.82 bits per heavy atom. The molecule has 1 fully saturated rings. The summed E-state index contributed by atoms with van der Waals surface area (Å²) in [7, 11) is 1.52. The van der Waals surface area contributed by atoms with Gasteiger partial charge in [0.05, 0.1) is 18.7 Å². The van der Waals surface area contributed by atoms with E-state index in [4.69, 9.17) is 9.47 Å². The molecule has 1 aliphatic rings. The predicted molar refractivity (Wildman–Crippen MR) is 80.4 cm³/mol. The standard InChI is InChI=1S/C14H16N4O3S/c1-9-17-11(8-22-9)14(19)18-6-3-10(7-18)21-13-12(20-2)15-4-5-16-13/h4-5,8,10H,3,6-7H2,1-2H3/t10-/m1/s1. The first-order valence-corrected chi connectivity index (χ1v) is 7.78. The molecule has 22 heavy (non-hydrogen) atoms. The summed E-state index contributed by atoms with van der Waals surface area (Å²) >= 11 is 1.48. The van der Waals surface area contributed by atoms with Gasteiger partial charge in [-0.1, -0.05) is 0 Å². The van der Waals surface area contributed by atoms with Crippen LogP contribution in [0.4, 0.5) is 0 Å². The van der Waals surface area contributed by atoms with E-state index in [9.17, 15) is 4.79 Å². The van der Waals surface area contributed by atoms with E-state index in [1.807, 2.05) is 6.92 Å². The van der Waals surface area contributed by atoms with Gasteiger partial charge in [-0.3, -0.25) is 4.79 Å². The van der Waals surface area contributed by atoms with Crippen molar-refractivity contribution >= 4 is 17.2 Å². The highest BCUT2D eigenvalue weighted by Gasteiger charge is 2.30. The van der Waals surface area contributed by atoms with Gasteiger partial charge in [0.2, 0.25) is 0 Å². The Labute approximate surface area is 131 Å². The molecule has 1 amide bonds. The molecule has 2 aromatic heterocycles. The van der Waals surface area contributed by atoms with E-state index in [0.717, 1.165) is 11.4 Å². The van der Waals surface area contributed by atoms with Crippen LogP contribution in [0, 0.1) is 6.92 Å². The summed E-state index contributed by atoms with van der Waals surface area (Å²) in [6.45, 7) is 3.04. The Morgan fingerprint density at radius 1 is 1.36 bits per heavy atom. The monoisotopic (exact) mass is 320 g/mol. The SMILES string of the molecule is COc1nccnc1O[C@@H]1CCN(C(=O)c2csc(C)n2)C1. The molecule has 7 nitrogen and oxygen atoms in total. The van der Waals surface area contributed by atoms with Crippen LogP contribution in [0.25, 0.3) is 0 Å². The lowest BCUT2D eigenvalue weighted by Crippen LogP contribution is -2.31. The minimum absolute atomic E-state index is 0.0541. The van der Waals surface area contributed by atoms with Crippen molar-refractivity contribution in [3.05, 3.63) is 28.5 Å². The van der Waals surface area contributed by atoms with E-state index in [0.29, 0.717) is 30.5 Å². The van der Waals surface area contributed by atoms with Gasteiger partial charge in [-0.15, -0.1) is 11.3 Å². The number of aryl methyl sites for hydroxylation is 1. The third-order valence-electron chi connectivity index (χ3n) is 3.38. The third kappa shape index (κ3) is 3.01. The van der Waals surface area contributed by atoms with Crippen molar-refractivity contribution < 1.29 is 14.3 Å². The molecule has 0 aromatic carbocycles. The molecular weight excluding hydrogens is 304 g/mol. The van der Waals surface area contributed by atoms with Crippen LogP contribution >= 0.6 is 11.3 Å². The number of carbonyl (C=O) groups is 1. The summed E-state index contributed by atoms with van der Waals surface area (Å²) < 4.78 is 10.9. The van der Waals surface area contributed by atoms with Crippen LogP contribution in [0.15, 0.2) is 17.8 Å². The van der Waals surface area contributed by atoms with E-state index in [-0.39, 0.29) is 12.0 Å². The summed E-state index contributed by atoms with van der Waals surface area (Å²) in [5.41, 5.74) is 0.500. The number of carbonyl (C=O) groups excluding carboxylic acids is 1. The van der Waals surface area contributed by atoms with E-state index >= 15 is 0 Å². The van der Waals surface area contributed by atoms with Crippen molar-refractivity contribution in [3.63, 3.8) is 0 Å². The molecule has 0 radical (unpaired) electrons. The quantitative estimate of drug-likeness (QED) is 0.850. The van der Waals surface area contributed by atoms with Crippen LogP contribution in [-0.2, 0) is 0 Å². The van der Waals surface area contributed by atoms with Crippen molar-refractivity contribution in [1.82, 2.24) is 19.9 Å². The van der Waals surface area contributed by atoms with Gasteiger partial charge in [-0.05, 0) is 6.92 Å². The lowest BCUT2D eigenvalue weighted by Gasteiger charge is -2.16. The highest BCUT2D eigenvalue weighted by molar-refractivity contribution is 7.09. The second-order valence-electron chi connectivity index (χ2n) is 4.90. The first-order chi connectivity index (χ1) is 10.7. The summed E-state index contributed by atoms with van der Waals surface area (Å²) in [6.07, 6.45) is 3.72. The van der Waals surface area contributed by atoms with E-state index < -0.39 is 0 Å². The number of hydrogen-bond donors (Lipinski definition) is 0. The summed E-state index contributed by atoms with van der Waals surface area (Å²) in [4.78, 5) is 26.5. The summed E-state index contributed by atoms with van der Waals surface area (Å²) in [6, 6.07) is 0. The van der Waals surface area contributed by atoms with Crippen LogP contribution in [0.2, 0.25) is 0 Å². The molecule has 0 spiro atoms. The molecule has 116 valence electrons. The largest absolute Gasteiger partial charge is 0.477 e. The molecule has 0 saturated carbocycles. The van der Waals surface area contributed by atoms with Gasteiger partial charge < -0.3 is 14.4 Å².